The third-order valence-corrected chi connectivity index (χ3v) is 2.39. The topological polar surface area (TPSA) is 41.6 Å². The van der Waals surface area contributed by atoms with Crippen molar-refractivity contribution in [3.05, 3.63) is 29.8 Å². The number of amides is 1. The second-order valence-corrected chi connectivity index (χ2v) is 4.09. The predicted octanol–water partition coefficient (Wildman–Crippen LogP) is 1.61. The monoisotopic (exact) mass is 236 g/mol. The molecule has 0 aliphatic heterocycles. The van der Waals surface area contributed by atoms with E-state index in [0.717, 1.165) is 24.2 Å². The summed E-state index contributed by atoms with van der Waals surface area (Å²) in [6.07, 6.45) is 2.20. The minimum Gasteiger partial charge on any atom is -0.496 e. The minimum atomic E-state index is 0.0462. The van der Waals surface area contributed by atoms with Crippen molar-refractivity contribution in [2.75, 3.05) is 21.2 Å². The number of nitrogens with one attached hydrogen (secondary N) is 1. The number of methoxy groups -OCH3 is 1. The highest BCUT2D eigenvalue weighted by atomic mass is 16.5. The number of benzene rings is 1. The highest BCUT2D eigenvalue weighted by Crippen LogP contribution is 2.19. The van der Waals surface area contributed by atoms with Gasteiger partial charge in [-0.15, -0.1) is 0 Å². The summed E-state index contributed by atoms with van der Waals surface area (Å²) >= 11 is 0. The van der Waals surface area contributed by atoms with Crippen LogP contribution in [0.25, 0.3) is 0 Å². The van der Waals surface area contributed by atoms with Crippen LogP contribution in [0.5, 0.6) is 5.75 Å². The van der Waals surface area contributed by atoms with E-state index in [2.05, 4.69) is 5.43 Å². The van der Waals surface area contributed by atoms with E-state index in [1.807, 2.05) is 24.3 Å². The van der Waals surface area contributed by atoms with E-state index in [0.29, 0.717) is 6.42 Å². The van der Waals surface area contributed by atoms with E-state index in [-0.39, 0.29) is 5.91 Å². The predicted molar refractivity (Wildman–Crippen MR) is 67.8 cm³/mol. The number of ether oxygens (including phenoxy) is 1. The van der Waals surface area contributed by atoms with Crippen molar-refractivity contribution in [2.24, 2.45) is 0 Å². The maximum Gasteiger partial charge on any atom is 0.234 e. The van der Waals surface area contributed by atoms with Crippen molar-refractivity contribution in [1.29, 1.82) is 0 Å². The van der Waals surface area contributed by atoms with Gasteiger partial charge in [0.2, 0.25) is 5.91 Å². The van der Waals surface area contributed by atoms with Gasteiger partial charge in [0.25, 0.3) is 0 Å². The first-order chi connectivity index (χ1) is 8.13. The molecule has 1 rings (SSSR count). The number of aryl methyl sites for hydroxylation is 1. The van der Waals surface area contributed by atoms with Crippen LogP contribution in [-0.2, 0) is 11.2 Å². The number of hydrogen-bond acceptors (Lipinski definition) is 3. The number of carbonyl (C=O) groups excluding carboxylic acids is 1. The number of carbonyl (C=O) groups is 1. The van der Waals surface area contributed by atoms with E-state index in [9.17, 15) is 4.79 Å². The van der Waals surface area contributed by atoms with E-state index in [1.54, 1.807) is 26.2 Å². The zero-order valence-corrected chi connectivity index (χ0v) is 10.7. The van der Waals surface area contributed by atoms with Crippen LogP contribution in [0, 0.1) is 0 Å². The molecule has 94 valence electrons. The highest BCUT2D eigenvalue weighted by Gasteiger charge is 2.05. The molecule has 1 aromatic rings. The number of nitrogens with zero attached hydrogens (tertiary/aromatic N) is 1. The van der Waals surface area contributed by atoms with E-state index < -0.39 is 0 Å². The molecule has 1 aromatic carbocycles. The van der Waals surface area contributed by atoms with Gasteiger partial charge in [0.15, 0.2) is 0 Å². The van der Waals surface area contributed by atoms with Crippen LogP contribution in [0.15, 0.2) is 24.3 Å². The molecular formula is C13H20N2O2. The van der Waals surface area contributed by atoms with Gasteiger partial charge in [0.1, 0.15) is 5.75 Å². The van der Waals surface area contributed by atoms with Crippen molar-refractivity contribution in [3.8, 4) is 5.75 Å². The Balaban J connectivity index is 2.38. The fraction of sp³-hybridized carbons (Fsp3) is 0.462. The van der Waals surface area contributed by atoms with Crippen LogP contribution in [0.1, 0.15) is 18.4 Å². The summed E-state index contributed by atoms with van der Waals surface area (Å²) in [4.78, 5) is 11.4. The maximum absolute atomic E-state index is 11.4. The molecule has 1 amide bonds. The third-order valence-electron chi connectivity index (χ3n) is 2.39. The van der Waals surface area contributed by atoms with Crippen LogP contribution < -0.4 is 10.2 Å². The molecule has 0 atom stereocenters. The van der Waals surface area contributed by atoms with Gasteiger partial charge in [-0.05, 0) is 24.5 Å². The van der Waals surface area contributed by atoms with Crippen LogP contribution in [0.3, 0.4) is 0 Å². The zero-order chi connectivity index (χ0) is 12.7. The van der Waals surface area contributed by atoms with Gasteiger partial charge in [-0.2, -0.15) is 0 Å². The minimum absolute atomic E-state index is 0.0462. The SMILES string of the molecule is COc1ccccc1CCCC(=O)NN(C)C. The van der Waals surface area contributed by atoms with Crippen molar-refractivity contribution >= 4 is 5.91 Å². The van der Waals surface area contributed by atoms with E-state index in [1.165, 1.54) is 0 Å². The lowest BCUT2D eigenvalue weighted by atomic mass is 10.1. The summed E-state index contributed by atoms with van der Waals surface area (Å²) in [5.41, 5.74) is 3.87. The largest absolute Gasteiger partial charge is 0.496 e. The standard InChI is InChI=1S/C13H20N2O2/c1-15(2)14-13(16)10-6-8-11-7-4-5-9-12(11)17-3/h4-5,7,9H,6,8,10H2,1-3H3,(H,14,16). The van der Waals surface area contributed by atoms with Crippen molar-refractivity contribution < 1.29 is 9.53 Å². The number of hydrogen-bond donors (Lipinski definition) is 1. The molecule has 0 saturated heterocycles. The molecular weight excluding hydrogens is 216 g/mol. The Hall–Kier alpha value is -1.55. The van der Waals surface area contributed by atoms with E-state index in [4.69, 9.17) is 4.74 Å². The maximum atomic E-state index is 11.4. The molecule has 4 heteroatoms. The Kier molecular flexibility index (Phi) is 5.49. The number of para-hydroxylation sites is 1. The summed E-state index contributed by atoms with van der Waals surface area (Å²) < 4.78 is 5.26. The third kappa shape index (κ3) is 4.87. The quantitative estimate of drug-likeness (QED) is 0.763. The summed E-state index contributed by atoms with van der Waals surface area (Å²) in [6.45, 7) is 0. The molecule has 0 fully saturated rings. The average molecular weight is 236 g/mol. The lowest BCUT2D eigenvalue weighted by molar-refractivity contribution is -0.124. The smallest absolute Gasteiger partial charge is 0.234 e. The Bertz CT molecular complexity index is 364. The van der Waals surface area contributed by atoms with E-state index >= 15 is 0 Å². The van der Waals surface area contributed by atoms with Gasteiger partial charge >= 0.3 is 0 Å². The fourth-order valence-corrected chi connectivity index (χ4v) is 1.65. The second kappa shape index (κ2) is 6.91. The molecule has 0 heterocycles. The van der Waals surface area contributed by atoms with Crippen molar-refractivity contribution in [2.45, 2.75) is 19.3 Å². The molecule has 17 heavy (non-hydrogen) atoms. The van der Waals surface area contributed by atoms with Crippen LogP contribution in [0.2, 0.25) is 0 Å². The van der Waals surface area contributed by atoms with Gasteiger partial charge in [-0.3, -0.25) is 10.2 Å². The van der Waals surface area contributed by atoms with Gasteiger partial charge in [0.05, 0.1) is 7.11 Å². The summed E-state index contributed by atoms with van der Waals surface area (Å²) in [7, 11) is 5.27. The van der Waals surface area contributed by atoms with Gasteiger partial charge in [-0.25, -0.2) is 5.01 Å². The van der Waals surface area contributed by atoms with Crippen LogP contribution >= 0.6 is 0 Å². The fourth-order valence-electron chi connectivity index (χ4n) is 1.65. The zero-order valence-electron chi connectivity index (χ0n) is 10.7. The molecule has 0 bridgehead atoms. The summed E-state index contributed by atoms with van der Waals surface area (Å²) in [5, 5.41) is 1.66. The highest BCUT2D eigenvalue weighted by molar-refractivity contribution is 5.75. The Morgan fingerprint density at radius 2 is 2.06 bits per heavy atom. The Morgan fingerprint density at radius 1 is 1.35 bits per heavy atom. The first-order valence-electron chi connectivity index (χ1n) is 5.72. The average Bonchev–Trinajstić information content (AvgIpc) is 2.28. The molecule has 0 spiro atoms. The number of rotatable bonds is 6. The van der Waals surface area contributed by atoms with Gasteiger partial charge in [0, 0.05) is 20.5 Å². The van der Waals surface area contributed by atoms with Crippen LogP contribution in [0.4, 0.5) is 0 Å². The molecule has 1 N–H and O–H groups in total. The summed E-state index contributed by atoms with van der Waals surface area (Å²) in [6, 6.07) is 7.90. The van der Waals surface area contributed by atoms with Gasteiger partial charge < -0.3 is 4.74 Å². The molecule has 0 aliphatic rings. The molecule has 0 aromatic heterocycles. The molecule has 0 aliphatic carbocycles. The normalized spacial score (nSPS) is 10.4. The van der Waals surface area contributed by atoms with Gasteiger partial charge in [-0.1, -0.05) is 18.2 Å². The number of hydrazine groups is 1. The first kappa shape index (κ1) is 13.5. The Morgan fingerprint density at radius 3 is 2.71 bits per heavy atom. The lowest BCUT2D eigenvalue weighted by Gasteiger charge is -2.12. The summed E-state index contributed by atoms with van der Waals surface area (Å²) in [5.74, 6) is 0.936. The molecule has 0 radical (unpaired) electrons. The molecule has 0 saturated carbocycles. The lowest BCUT2D eigenvalue weighted by Crippen LogP contribution is -2.35. The first-order valence-corrected chi connectivity index (χ1v) is 5.72. The van der Waals surface area contributed by atoms with Crippen molar-refractivity contribution in [1.82, 2.24) is 10.4 Å². The molecule has 4 nitrogen and oxygen atoms in total. The van der Waals surface area contributed by atoms with Crippen molar-refractivity contribution in [3.63, 3.8) is 0 Å². The van der Waals surface area contributed by atoms with Crippen LogP contribution in [-0.4, -0.2) is 32.1 Å². The second-order valence-electron chi connectivity index (χ2n) is 4.09. The Labute approximate surface area is 103 Å². The molecule has 0 unspecified atom stereocenters.